The van der Waals surface area contributed by atoms with E-state index < -0.39 is 6.85 Å². The molecular formula is C34H32N3OPt-. The number of nitrogens with zero attached hydrogens (tertiary/aromatic N) is 3. The summed E-state index contributed by atoms with van der Waals surface area (Å²) in [5.41, 5.74) is 6.53. The van der Waals surface area contributed by atoms with Gasteiger partial charge < -0.3 is 10.0 Å². The Hall–Kier alpha value is -3.49. The smallest absolute Gasteiger partial charge is 0.143 e. The molecule has 0 amide bonds. The molecule has 1 N–H and O–H groups in total. The molecule has 0 unspecified atom stereocenters. The van der Waals surface area contributed by atoms with Crippen molar-refractivity contribution in [1.29, 1.82) is 0 Å². The number of aromatic hydroxyl groups is 1. The van der Waals surface area contributed by atoms with Crippen molar-refractivity contribution in [2.75, 3.05) is 4.90 Å². The second-order valence-corrected chi connectivity index (χ2v) is 11.5. The van der Waals surface area contributed by atoms with Crippen LogP contribution in [-0.2, 0) is 31.9 Å². The number of phenolic OH excluding ortho intramolecular Hbond substituents is 1. The number of rotatable bonds is 2. The zero-order valence-corrected chi connectivity index (χ0v) is 24.9. The Kier molecular flexibility index (Phi) is 5.76. The van der Waals surface area contributed by atoms with Crippen LogP contribution in [0.2, 0.25) is 0 Å². The number of anilines is 3. The first kappa shape index (κ1) is 23.4. The fourth-order valence-electron chi connectivity index (χ4n) is 5.34. The van der Waals surface area contributed by atoms with Crippen LogP contribution < -0.4 is 4.90 Å². The van der Waals surface area contributed by atoms with Gasteiger partial charge in [-0.15, -0.1) is 23.8 Å². The van der Waals surface area contributed by atoms with Crippen LogP contribution in [0.3, 0.4) is 0 Å². The van der Waals surface area contributed by atoms with Gasteiger partial charge in [0.25, 0.3) is 0 Å². The maximum atomic E-state index is 10.9. The number of aromatic nitrogens is 2. The number of para-hydroxylation sites is 1. The Morgan fingerprint density at radius 3 is 2.49 bits per heavy atom. The van der Waals surface area contributed by atoms with Crippen molar-refractivity contribution < 1.29 is 30.3 Å². The molecule has 0 saturated carbocycles. The minimum atomic E-state index is -2.44. The molecule has 0 atom stereocenters. The van der Waals surface area contributed by atoms with E-state index in [0.29, 0.717) is 11.1 Å². The van der Waals surface area contributed by atoms with Crippen LogP contribution in [0.1, 0.15) is 61.0 Å². The summed E-state index contributed by atoms with van der Waals surface area (Å²) < 4.78 is 23.4. The maximum Gasteiger partial charge on any atom is 0.143 e. The number of fused-ring (bicyclic) bond motifs is 3. The summed E-state index contributed by atoms with van der Waals surface area (Å²) >= 11 is 0. The van der Waals surface area contributed by atoms with Gasteiger partial charge >= 0.3 is 0 Å². The van der Waals surface area contributed by atoms with Gasteiger partial charge in [0.05, 0.1) is 0 Å². The van der Waals surface area contributed by atoms with Crippen LogP contribution in [0.4, 0.5) is 17.2 Å². The second-order valence-electron chi connectivity index (χ2n) is 11.5. The molecule has 1 aliphatic heterocycles. The predicted molar refractivity (Wildman–Crippen MR) is 156 cm³/mol. The molecule has 0 aliphatic carbocycles. The van der Waals surface area contributed by atoms with Gasteiger partial charge in [-0.2, -0.15) is 0 Å². The summed E-state index contributed by atoms with van der Waals surface area (Å²) in [7, 11) is 0. The Balaban J connectivity index is 0.00000353. The summed E-state index contributed by atoms with van der Waals surface area (Å²) in [6.07, 6.45) is 1.86. The van der Waals surface area contributed by atoms with Gasteiger partial charge in [0.15, 0.2) is 0 Å². The van der Waals surface area contributed by atoms with Crippen LogP contribution >= 0.6 is 0 Å². The van der Waals surface area contributed by atoms with Gasteiger partial charge in [-0.1, -0.05) is 82.6 Å². The summed E-state index contributed by atoms with van der Waals surface area (Å²) in [5.74, 6) is 0.489. The van der Waals surface area contributed by atoms with Crippen LogP contribution in [0.25, 0.3) is 22.2 Å². The molecule has 3 heterocycles. The van der Waals surface area contributed by atoms with E-state index in [1.54, 1.807) is 6.07 Å². The van der Waals surface area contributed by atoms with Gasteiger partial charge in [0.1, 0.15) is 17.1 Å². The second kappa shape index (κ2) is 9.61. The molecule has 0 bridgehead atoms. The standard InChI is InChI=1S/C34H32N3O.Pt/c1-21-11-12-22-14-16-27(36-31(22)32(21)38)23-13-15-26-29(19-23)37(28-10-8-7-9-25(28)34(26,5)6)30-20-24(17-18-35-30)33(2,3)4;/h7-18,20,38H,1-6H3;/q-1;/i1D3;. The third-order valence-electron chi connectivity index (χ3n) is 7.59. The molecule has 0 spiro atoms. The normalized spacial score (nSPS) is 15.4. The van der Waals surface area contributed by atoms with E-state index in [9.17, 15) is 5.11 Å². The van der Waals surface area contributed by atoms with Crippen molar-refractivity contribution in [3.05, 3.63) is 107 Å². The molecule has 0 radical (unpaired) electrons. The van der Waals surface area contributed by atoms with Crippen molar-refractivity contribution >= 4 is 28.1 Å². The van der Waals surface area contributed by atoms with Gasteiger partial charge in [0.2, 0.25) is 0 Å². The van der Waals surface area contributed by atoms with Crippen LogP contribution in [-0.4, -0.2) is 15.1 Å². The summed E-state index contributed by atoms with van der Waals surface area (Å²) in [6.45, 7) is 8.57. The first-order chi connectivity index (χ1) is 19.3. The molecule has 4 nitrogen and oxygen atoms in total. The maximum absolute atomic E-state index is 10.9. The van der Waals surface area contributed by atoms with E-state index in [2.05, 4.69) is 82.0 Å². The number of hydrogen-bond acceptors (Lipinski definition) is 4. The van der Waals surface area contributed by atoms with E-state index in [-0.39, 0.29) is 48.7 Å². The minimum absolute atomic E-state index is 0. The molecule has 200 valence electrons. The SMILES string of the molecule is [2H]C([2H])([2H])c1ccc2ccc(-c3[c-]c4c(cc3)C(C)(C)c3ccccc3N4c3cc(C(C)(C)C)ccn3)nc2c1O.[Pt]. The third kappa shape index (κ3) is 4.45. The molecule has 6 rings (SSSR count). The first-order valence-electron chi connectivity index (χ1n) is 14.3. The zero-order valence-electron chi connectivity index (χ0n) is 25.6. The topological polar surface area (TPSA) is 49.2 Å². The Bertz CT molecular complexity index is 1830. The average molecular weight is 697 g/mol. The van der Waals surface area contributed by atoms with E-state index in [1.165, 1.54) is 17.2 Å². The predicted octanol–water partition coefficient (Wildman–Crippen LogP) is 8.52. The Labute approximate surface area is 249 Å². The molecule has 3 aromatic carbocycles. The fraction of sp³-hybridized carbons (Fsp3) is 0.235. The molecule has 39 heavy (non-hydrogen) atoms. The summed E-state index contributed by atoms with van der Waals surface area (Å²) in [6, 6.07) is 27.2. The van der Waals surface area contributed by atoms with E-state index in [1.807, 2.05) is 30.5 Å². The Morgan fingerprint density at radius 1 is 0.949 bits per heavy atom. The van der Waals surface area contributed by atoms with E-state index in [4.69, 9.17) is 14.1 Å². The minimum Gasteiger partial charge on any atom is -0.505 e. The molecule has 0 saturated heterocycles. The van der Waals surface area contributed by atoms with Crippen molar-refractivity contribution in [2.45, 2.75) is 52.3 Å². The largest absolute Gasteiger partial charge is 0.505 e. The van der Waals surface area contributed by atoms with Crippen LogP contribution in [0, 0.1) is 12.9 Å². The quantitative estimate of drug-likeness (QED) is 0.188. The average Bonchev–Trinajstić information content (AvgIpc) is 2.92. The molecule has 2 aromatic heterocycles. The Morgan fingerprint density at radius 2 is 1.72 bits per heavy atom. The van der Waals surface area contributed by atoms with Crippen molar-refractivity contribution in [3.63, 3.8) is 0 Å². The zero-order chi connectivity index (χ0) is 29.3. The van der Waals surface area contributed by atoms with Gasteiger partial charge in [-0.25, -0.2) is 4.98 Å². The number of hydrogen-bond donors (Lipinski definition) is 1. The monoisotopic (exact) mass is 696 g/mol. The molecule has 0 fully saturated rings. The van der Waals surface area contributed by atoms with Crippen molar-refractivity contribution in [2.24, 2.45) is 0 Å². The molecule has 5 heteroatoms. The number of aryl methyl sites for hydroxylation is 1. The number of pyridine rings is 2. The molecule has 5 aromatic rings. The van der Waals surface area contributed by atoms with Crippen molar-refractivity contribution in [1.82, 2.24) is 9.97 Å². The van der Waals surface area contributed by atoms with E-state index in [0.717, 1.165) is 28.3 Å². The van der Waals surface area contributed by atoms with E-state index >= 15 is 0 Å². The van der Waals surface area contributed by atoms with Gasteiger partial charge in [-0.3, -0.25) is 4.98 Å². The molecule has 1 aliphatic rings. The molecular weight excluding hydrogens is 661 g/mol. The number of phenols is 1. The fourth-order valence-corrected chi connectivity index (χ4v) is 5.34. The van der Waals surface area contributed by atoms with Crippen LogP contribution in [0.15, 0.2) is 79.0 Å². The first-order valence-corrected chi connectivity index (χ1v) is 12.8. The van der Waals surface area contributed by atoms with Gasteiger partial charge in [0, 0.05) is 42.4 Å². The summed E-state index contributed by atoms with van der Waals surface area (Å²) in [4.78, 5) is 11.7. The number of benzene rings is 3. The van der Waals surface area contributed by atoms with Crippen LogP contribution in [0.5, 0.6) is 5.75 Å². The third-order valence-corrected chi connectivity index (χ3v) is 7.59. The van der Waals surface area contributed by atoms with Gasteiger partial charge in [-0.05, 0) is 64.0 Å². The summed E-state index contributed by atoms with van der Waals surface area (Å²) in [5, 5.41) is 11.5. The van der Waals surface area contributed by atoms with Crippen molar-refractivity contribution in [3.8, 4) is 17.0 Å².